The zero-order valence-corrected chi connectivity index (χ0v) is 26.3. The summed E-state index contributed by atoms with van der Waals surface area (Å²) in [5, 5.41) is 0.659. The third-order valence-electron chi connectivity index (χ3n) is 8.25. The number of benzene rings is 1. The monoisotopic (exact) mass is 607 g/mol. The average molecular weight is 608 g/mol. The molecule has 3 aromatic rings. The number of fused-ring (bicyclic) bond motifs is 1. The number of carbonyl (C=O) groups excluding carboxylic acids is 1. The molecule has 4 atom stereocenters. The van der Waals surface area contributed by atoms with Gasteiger partial charge in [-0.15, -0.1) is 0 Å². The number of nitrogens with zero attached hydrogens (tertiary/aromatic N) is 6. The minimum Gasteiger partial charge on any atom is -0.398 e. The number of allylic oxidation sites excluding steroid dienone is 1. The Balaban J connectivity index is 2.09. The lowest BCUT2D eigenvalue weighted by Crippen LogP contribution is -2.58. The number of pyridine rings is 1. The number of nitrogens with two attached hydrogens (primary N) is 1. The van der Waals surface area contributed by atoms with E-state index in [0.29, 0.717) is 24.3 Å². The van der Waals surface area contributed by atoms with Gasteiger partial charge in [-0.2, -0.15) is 4.98 Å². The van der Waals surface area contributed by atoms with Crippen LogP contribution in [0.15, 0.2) is 58.4 Å². The summed E-state index contributed by atoms with van der Waals surface area (Å²) >= 11 is 6.82. The number of carbonyl (C=O) groups is 1. The molecule has 9 nitrogen and oxygen atoms in total. The van der Waals surface area contributed by atoms with E-state index in [9.17, 15) is 9.59 Å². The molecule has 3 heterocycles. The molecule has 1 saturated heterocycles. The summed E-state index contributed by atoms with van der Waals surface area (Å²) in [4.78, 5) is 44.3. The van der Waals surface area contributed by atoms with Gasteiger partial charge >= 0.3 is 5.69 Å². The average Bonchev–Trinajstić information content (AvgIpc) is 2.96. The summed E-state index contributed by atoms with van der Waals surface area (Å²) in [6, 6.07) is 4.68. The molecule has 0 bridgehead atoms. The molecule has 0 spiro atoms. The highest BCUT2D eigenvalue weighted by Gasteiger charge is 2.35. The van der Waals surface area contributed by atoms with Crippen molar-refractivity contribution in [2.75, 3.05) is 23.7 Å². The van der Waals surface area contributed by atoms with Crippen LogP contribution in [0.5, 0.6) is 0 Å². The van der Waals surface area contributed by atoms with Crippen LogP contribution in [0.3, 0.4) is 0 Å². The fraction of sp³-hybridized carbons (Fsp3) is 0.406. The van der Waals surface area contributed by atoms with Crippen molar-refractivity contribution in [2.24, 2.45) is 10.9 Å². The molecule has 1 aromatic carbocycles. The molecular formula is C32H39ClFN7O2. The van der Waals surface area contributed by atoms with Crippen LogP contribution < -0.4 is 16.3 Å². The van der Waals surface area contributed by atoms with Crippen LogP contribution in [0.4, 0.5) is 15.9 Å². The summed E-state index contributed by atoms with van der Waals surface area (Å²) in [5.41, 5.74) is 7.11. The number of halogens is 2. The van der Waals surface area contributed by atoms with Crippen molar-refractivity contribution in [3.05, 3.63) is 69.9 Å². The second-order valence-electron chi connectivity index (χ2n) is 11.4. The second-order valence-corrected chi connectivity index (χ2v) is 11.8. The number of hydrogen-bond donors (Lipinski definition) is 1. The minimum absolute atomic E-state index is 0.0179. The van der Waals surface area contributed by atoms with Crippen molar-refractivity contribution >= 4 is 46.8 Å². The topological polar surface area (TPSA) is 110 Å². The molecule has 1 aliphatic rings. The number of anilines is 2. The predicted molar refractivity (Wildman–Crippen MR) is 173 cm³/mol. The van der Waals surface area contributed by atoms with E-state index in [4.69, 9.17) is 22.3 Å². The Morgan fingerprint density at radius 1 is 1.23 bits per heavy atom. The van der Waals surface area contributed by atoms with E-state index in [-0.39, 0.29) is 51.5 Å². The number of piperazine rings is 1. The quantitative estimate of drug-likeness (QED) is 0.153. The summed E-state index contributed by atoms with van der Waals surface area (Å²) in [7, 11) is 0. The Bertz CT molecular complexity index is 1650. The maximum atomic E-state index is 15.2. The van der Waals surface area contributed by atoms with Gasteiger partial charge in [-0.05, 0) is 64.6 Å². The van der Waals surface area contributed by atoms with E-state index in [1.165, 1.54) is 22.8 Å². The van der Waals surface area contributed by atoms with Gasteiger partial charge in [0.1, 0.15) is 17.3 Å². The van der Waals surface area contributed by atoms with Crippen LogP contribution in [0, 0.1) is 11.7 Å². The molecule has 1 fully saturated rings. The number of amides is 1. The first-order valence-electron chi connectivity index (χ1n) is 14.3. The number of nitrogen functional groups attached to an aromatic ring is 1. The van der Waals surface area contributed by atoms with E-state index in [1.54, 1.807) is 17.0 Å². The van der Waals surface area contributed by atoms with Crippen LogP contribution in [0.2, 0.25) is 5.02 Å². The van der Waals surface area contributed by atoms with Crippen LogP contribution >= 0.6 is 11.6 Å². The lowest BCUT2D eigenvalue weighted by atomic mass is 9.91. The van der Waals surface area contributed by atoms with Crippen molar-refractivity contribution in [1.29, 1.82) is 0 Å². The number of rotatable bonds is 8. The molecule has 2 aromatic heterocycles. The zero-order valence-electron chi connectivity index (χ0n) is 25.5. The Morgan fingerprint density at radius 3 is 2.51 bits per heavy atom. The van der Waals surface area contributed by atoms with Crippen LogP contribution in [0.1, 0.15) is 47.6 Å². The van der Waals surface area contributed by atoms with Gasteiger partial charge in [0.15, 0.2) is 0 Å². The maximum Gasteiger partial charge on any atom is 0.351 e. The highest BCUT2D eigenvalue weighted by atomic mass is 35.5. The van der Waals surface area contributed by atoms with Crippen LogP contribution in [-0.4, -0.2) is 63.3 Å². The third-order valence-corrected chi connectivity index (χ3v) is 8.54. The summed E-state index contributed by atoms with van der Waals surface area (Å²) < 4.78 is 16.7. The first-order valence-corrected chi connectivity index (χ1v) is 14.7. The lowest BCUT2D eigenvalue weighted by Gasteiger charge is -2.44. The van der Waals surface area contributed by atoms with Crippen LogP contribution in [-0.2, 0) is 4.79 Å². The first-order chi connectivity index (χ1) is 20.4. The van der Waals surface area contributed by atoms with Crippen molar-refractivity contribution in [3.63, 3.8) is 0 Å². The molecule has 228 valence electrons. The number of aromatic nitrogens is 3. The summed E-state index contributed by atoms with van der Waals surface area (Å²) in [5.74, 6) is -0.348. The zero-order chi connectivity index (χ0) is 31.7. The lowest BCUT2D eigenvalue weighted by molar-refractivity contribution is -0.128. The molecule has 11 heteroatoms. The standard InChI is InChI=1S/C32H39ClFN7O2/c1-9-18(5)29(27(36-8)17(3)4)41-31-21(14-22(33)28(37-31)26-23(34)12-11-13-24(26)35)30(38-32(41)43)40-16-19(6)39(15-20(40)7)25(42)10-2/h9-14,17,19-20,27,29H,2,8,15-16,35H2,1,3-7H3/b18-9-/t19-,20+,27?,29?/m1/s1. The SMILES string of the molecule is C=CC(=O)N1C[C@H](C)N(c2nc(=O)n(C(/C(C)=C\C)C(N=C)C(C)C)c3nc(-c4c(N)cccc4F)c(Cl)cc23)C[C@H]1C. The summed E-state index contributed by atoms with van der Waals surface area (Å²) in [6.07, 6.45) is 3.22. The van der Waals surface area contributed by atoms with Gasteiger partial charge in [0, 0.05) is 30.9 Å². The highest BCUT2D eigenvalue weighted by Crippen LogP contribution is 2.39. The van der Waals surface area contributed by atoms with E-state index in [0.717, 1.165) is 5.57 Å². The van der Waals surface area contributed by atoms with Crippen molar-refractivity contribution in [1.82, 2.24) is 19.4 Å². The van der Waals surface area contributed by atoms with Crippen molar-refractivity contribution in [2.45, 2.75) is 65.7 Å². The molecule has 1 amide bonds. The molecule has 2 unspecified atom stereocenters. The Hall–Kier alpha value is -4.05. The van der Waals surface area contributed by atoms with Gasteiger partial charge in [0.25, 0.3) is 0 Å². The summed E-state index contributed by atoms with van der Waals surface area (Å²) in [6.45, 7) is 20.0. The molecule has 0 radical (unpaired) electrons. The highest BCUT2D eigenvalue weighted by molar-refractivity contribution is 6.34. The van der Waals surface area contributed by atoms with Crippen molar-refractivity contribution in [3.8, 4) is 11.3 Å². The van der Waals surface area contributed by atoms with Gasteiger partial charge in [-0.3, -0.25) is 14.4 Å². The van der Waals surface area contributed by atoms with Gasteiger partial charge in [-0.25, -0.2) is 14.2 Å². The molecule has 1 aliphatic heterocycles. The fourth-order valence-electron chi connectivity index (χ4n) is 5.88. The first kappa shape index (κ1) is 31.9. The smallest absolute Gasteiger partial charge is 0.351 e. The minimum atomic E-state index is -0.587. The van der Waals surface area contributed by atoms with Gasteiger partial charge in [0.2, 0.25) is 5.91 Å². The van der Waals surface area contributed by atoms with Crippen LogP contribution in [0.25, 0.3) is 22.3 Å². The molecule has 0 saturated carbocycles. The normalized spacial score (nSPS) is 19.0. The molecule has 43 heavy (non-hydrogen) atoms. The molecule has 2 N–H and O–H groups in total. The third kappa shape index (κ3) is 5.80. The van der Waals surface area contributed by atoms with Gasteiger partial charge in [-0.1, -0.05) is 49.7 Å². The van der Waals surface area contributed by atoms with Gasteiger partial charge in [0.05, 0.1) is 33.7 Å². The second kappa shape index (κ2) is 12.7. The van der Waals surface area contributed by atoms with Gasteiger partial charge < -0.3 is 15.5 Å². The number of aliphatic imine (C=N–C) groups is 1. The Morgan fingerprint density at radius 2 is 1.93 bits per heavy atom. The van der Waals surface area contributed by atoms with E-state index >= 15 is 4.39 Å². The van der Waals surface area contributed by atoms with Crippen molar-refractivity contribution < 1.29 is 9.18 Å². The fourth-order valence-corrected chi connectivity index (χ4v) is 6.12. The largest absolute Gasteiger partial charge is 0.398 e. The number of hydrogen-bond acceptors (Lipinski definition) is 7. The van der Waals surface area contributed by atoms with E-state index in [1.807, 2.05) is 52.5 Å². The van der Waals surface area contributed by atoms with E-state index < -0.39 is 23.6 Å². The molecule has 0 aliphatic carbocycles. The van der Waals surface area contributed by atoms with E-state index in [2.05, 4.69) is 23.3 Å². The molecular weight excluding hydrogens is 569 g/mol. The molecule has 4 rings (SSSR count). The maximum absolute atomic E-state index is 15.2. The predicted octanol–water partition coefficient (Wildman–Crippen LogP) is 5.68. The Labute approximate surface area is 256 Å². The Kier molecular flexibility index (Phi) is 9.39.